The molecule has 0 unspecified atom stereocenters. The summed E-state index contributed by atoms with van der Waals surface area (Å²) >= 11 is 1.77. The van der Waals surface area contributed by atoms with Gasteiger partial charge in [-0.05, 0) is 12.1 Å². The van der Waals surface area contributed by atoms with Crippen LogP contribution < -0.4 is 10.5 Å². The van der Waals surface area contributed by atoms with Gasteiger partial charge in [0.05, 0.1) is 11.5 Å². The summed E-state index contributed by atoms with van der Waals surface area (Å²) in [6.07, 6.45) is 0. The Labute approximate surface area is 69.7 Å². The van der Waals surface area contributed by atoms with Crippen LogP contribution in [0.15, 0.2) is 23.1 Å². The summed E-state index contributed by atoms with van der Waals surface area (Å²) in [6.45, 7) is 0.793. The Morgan fingerprint density at radius 2 is 2.36 bits per heavy atom. The van der Waals surface area contributed by atoms with E-state index in [4.69, 9.17) is 10.5 Å². The van der Waals surface area contributed by atoms with Crippen molar-refractivity contribution < 1.29 is 4.74 Å². The Morgan fingerprint density at radius 1 is 1.45 bits per heavy atom. The summed E-state index contributed by atoms with van der Waals surface area (Å²) in [5.74, 6) is 1.93. The molecule has 0 aromatic heterocycles. The van der Waals surface area contributed by atoms with Crippen molar-refractivity contribution in [1.29, 1.82) is 0 Å². The number of hydrogen-bond acceptors (Lipinski definition) is 3. The van der Waals surface area contributed by atoms with Crippen LogP contribution in [-0.4, -0.2) is 12.4 Å². The third-order valence-electron chi connectivity index (χ3n) is 1.60. The topological polar surface area (TPSA) is 35.2 Å². The van der Waals surface area contributed by atoms with Gasteiger partial charge in [0.15, 0.2) is 0 Å². The molecule has 3 heteroatoms. The molecule has 0 saturated carbocycles. The Kier molecular flexibility index (Phi) is 1.66. The molecule has 0 bridgehead atoms. The summed E-state index contributed by atoms with van der Waals surface area (Å²) in [4.78, 5) is 1.10. The molecule has 58 valence electrons. The van der Waals surface area contributed by atoms with Crippen LogP contribution in [0.2, 0.25) is 0 Å². The second-order valence-corrected chi connectivity index (χ2v) is 3.48. The number of hydrogen-bond donors (Lipinski definition) is 1. The lowest BCUT2D eigenvalue weighted by atomic mass is 10.3. The highest BCUT2D eigenvalue weighted by Crippen LogP contribution is 2.37. The van der Waals surface area contributed by atoms with Crippen LogP contribution in [0.3, 0.4) is 0 Å². The SMILES string of the molecule is Nc1cccc2c1SCCO2. The number of benzene rings is 1. The van der Waals surface area contributed by atoms with Crippen molar-refractivity contribution in [3.8, 4) is 5.75 Å². The van der Waals surface area contributed by atoms with Gasteiger partial charge < -0.3 is 10.5 Å². The van der Waals surface area contributed by atoms with Gasteiger partial charge in [-0.2, -0.15) is 0 Å². The van der Waals surface area contributed by atoms with Gasteiger partial charge in [-0.25, -0.2) is 0 Å². The normalized spacial score (nSPS) is 15.3. The number of nitrogens with two attached hydrogens (primary N) is 1. The molecule has 1 heterocycles. The van der Waals surface area contributed by atoms with E-state index in [0.717, 1.165) is 28.7 Å². The number of rotatable bonds is 0. The molecule has 2 N–H and O–H groups in total. The second-order valence-electron chi connectivity index (χ2n) is 2.37. The lowest BCUT2D eigenvalue weighted by molar-refractivity contribution is 0.330. The van der Waals surface area contributed by atoms with Crippen LogP contribution in [0.5, 0.6) is 5.75 Å². The predicted octanol–water partition coefficient (Wildman–Crippen LogP) is 1.75. The second kappa shape index (κ2) is 2.66. The van der Waals surface area contributed by atoms with E-state index in [2.05, 4.69) is 0 Å². The molecule has 0 saturated heterocycles. The van der Waals surface area contributed by atoms with E-state index in [1.165, 1.54) is 0 Å². The van der Waals surface area contributed by atoms with Gasteiger partial charge in [0.25, 0.3) is 0 Å². The van der Waals surface area contributed by atoms with Crippen molar-refractivity contribution in [2.45, 2.75) is 4.90 Å². The highest BCUT2D eigenvalue weighted by atomic mass is 32.2. The number of thioether (sulfide) groups is 1. The lowest BCUT2D eigenvalue weighted by Gasteiger charge is -2.17. The molecule has 0 atom stereocenters. The first-order valence-electron chi connectivity index (χ1n) is 3.52. The van der Waals surface area contributed by atoms with Gasteiger partial charge in [-0.15, -0.1) is 11.8 Å². The van der Waals surface area contributed by atoms with E-state index in [1.807, 2.05) is 18.2 Å². The number of nitrogen functional groups attached to an aromatic ring is 1. The molecule has 0 fully saturated rings. The maximum atomic E-state index is 5.74. The Morgan fingerprint density at radius 3 is 3.18 bits per heavy atom. The fourth-order valence-corrected chi connectivity index (χ4v) is 1.97. The smallest absolute Gasteiger partial charge is 0.134 e. The summed E-state index contributed by atoms with van der Waals surface area (Å²) in [5.41, 5.74) is 6.57. The monoisotopic (exact) mass is 167 g/mol. The standard InChI is InChI=1S/C8H9NOS/c9-6-2-1-3-7-8(6)11-5-4-10-7/h1-3H,4-5,9H2. The van der Waals surface area contributed by atoms with E-state index in [9.17, 15) is 0 Å². The van der Waals surface area contributed by atoms with E-state index >= 15 is 0 Å². The summed E-state index contributed by atoms with van der Waals surface area (Å²) in [6, 6.07) is 5.78. The molecule has 0 amide bonds. The number of ether oxygens (including phenoxy) is 1. The van der Waals surface area contributed by atoms with Gasteiger partial charge in [0.2, 0.25) is 0 Å². The summed E-state index contributed by atoms with van der Waals surface area (Å²) < 4.78 is 5.40. The van der Waals surface area contributed by atoms with Crippen LogP contribution in [0.25, 0.3) is 0 Å². The molecule has 11 heavy (non-hydrogen) atoms. The van der Waals surface area contributed by atoms with Gasteiger partial charge in [0.1, 0.15) is 5.75 Å². The Bertz CT molecular complexity index is 275. The third kappa shape index (κ3) is 1.16. The van der Waals surface area contributed by atoms with Crippen LogP contribution in [-0.2, 0) is 0 Å². The minimum Gasteiger partial charge on any atom is -0.491 e. The zero-order chi connectivity index (χ0) is 7.68. The highest BCUT2D eigenvalue weighted by Gasteiger charge is 2.12. The van der Waals surface area contributed by atoms with Crippen molar-refractivity contribution in [1.82, 2.24) is 0 Å². The zero-order valence-electron chi connectivity index (χ0n) is 6.04. The first-order chi connectivity index (χ1) is 5.38. The molecule has 1 aromatic rings. The molecule has 2 nitrogen and oxygen atoms in total. The molecule has 1 aliphatic heterocycles. The van der Waals surface area contributed by atoms with E-state index < -0.39 is 0 Å². The maximum Gasteiger partial charge on any atom is 0.134 e. The maximum absolute atomic E-state index is 5.74. The van der Waals surface area contributed by atoms with Crippen molar-refractivity contribution >= 4 is 17.4 Å². The minimum atomic E-state index is 0.793. The van der Waals surface area contributed by atoms with Crippen molar-refractivity contribution in [2.24, 2.45) is 0 Å². The quantitative estimate of drug-likeness (QED) is 0.598. The Hall–Kier alpha value is -0.830. The highest BCUT2D eigenvalue weighted by molar-refractivity contribution is 7.99. The minimum absolute atomic E-state index is 0.793. The number of anilines is 1. The third-order valence-corrected chi connectivity index (χ3v) is 2.69. The van der Waals surface area contributed by atoms with E-state index in [0.29, 0.717) is 0 Å². The van der Waals surface area contributed by atoms with Crippen molar-refractivity contribution in [3.63, 3.8) is 0 Å². The molecule has 0 aliphatic carbocycles. The zero-order valence-corrected chi connectivity index (χ0v) is 6.86. The van der Waals surface area contributed by atoms with E-state index in [1.54, 1.807) is 11.8 Å². The Balaban J connectivity index is 2.49. The van der Waals surface area contributed by atoms with Crippen molar-refractivity contribution in [3.05, 3.63) is 18.2 Å². The summed E-state index contributed by atoms with van der Waals surface area (Å²) in [5, 5.41) is 0. The van der Waals surface area contributed by atoms with E-state index in [-0.39, 0.29) is 0 Å². The van der Waals surface area contributed by atoms with Crippen molar-refractivity contribution in [2.75, 3.05) is 18.1 Å². The average molecular weight is 167 g/mol. The van der Waals surface area contributed by atoms with Gasteiger partial charge in [-0.3, -0.25) is 0 Å². The fraction of sp³-hybridized carbons (Fsp3) is 0.250. The molecule has 2 rings (SSSR count). The molecule has 0 spiro atoms. The first kappa shape index (κ1) is 6.85. The summed E-state index contributed by atoms with van der Waals surface area (Å²) in [7, 11) is 0. The van der Waals surface area contributed by atoms with Gasteiger partial charge >= 0.3 is 0 Å². The lowest BCUT2D eigenvalue weighted by Crippen LogP contribution is -2.07. The number of fused-ring (bicyclic) bond motifs is 1. The predicted molar refractivity (Wildman–Crippen MR) is 47.1 cm³/mol. The molecular formula is C8H9NOS. The molecule has 1 aromatic carbocycles. The van der Waals surface area contributed by atoms with Crippen LogP contribution in [0.1, 0.15) is 0 Å². The van der Waals surface area contributed by atoms with Crippen LogP contribution in [0, 0.1) is 0 Å². The fourth-order valence-electron chi connectivity index (χ4n) is 1.10. The van der Waals surface area contributed by atoms with Gasteiger partial charge in [0, 0.05) is 11.4 Å². The van der Waals surface area contributed by atoms with Crippen LogP contribution >= 0.6 is 11.8 Å². The molecular weight excluding hydrogens is 158 g/mol. The average Bonchev–Trinajstić information content (AvgIpc) is 2.06. The first-order valence-corrected chi connectivity index (χ1v) is 4.50. The van der Waals surface area contributed by atoms with Gasteiger partial charge in [-0.1, -0.05) is 6.07 Å². The largest absolute Gasteiger partial charge is 0.491 e. The van der Waals surface area contributed by atoms with Crippen LogP contribution in [0.4, 0.5) is 5.69 Å². The molecule has 0 radical (unpaired) electrons. The molecule has 1 aliphatic rings.